The summed E-state index contributed by atoms with van der Waals surface area (Å²) in [5.74, 6) is 0. The lowest BCUT2D eigenvalue weighted by Gasteiger charge is -2.35. The first-order chi connectivity index (χ1) is 37.7. The number of hydrogen-bond acceptors (Lipinski definition) is 2. The first-order valence-electron chi connectivity index (χ1n) is 26.4. The van der Waals surface area contributed by atoms with E-state index in [1.54, 1.807) is 0 Å². The molecule has 3 aliphatic carbocycles. The summed E-state index contributed by atoms with van der Waals surface area (Å²) in [6.45, 7) is 0. The lowest BCUT2D eigenvalue weighted by molar-refractivity contribution is 0.768. The average molecular weight is 982 g/mol. The smallest absolute Gasteiger partial charge is 0.0726 e. The van der Waals surface area contributed by atoms with Crippen molar-refractivity contribution in [2.24, 2.45) is 0 Å². The van der Waals surface area contributed by atoms with Gasteiger partial charge in [0, 0.05) is 26.7 Å². The van der Waals surface area contributed by atoms with Gasteiger partial charge in [0.05, 0.1) is 26.9 Å². The molecule has 2 heteroatoms. The minimum absolute atomic E-state index is 0.489. The molecule has 12 aromatic carbocycles. The number of fused-ring (bicyclic) bond motifs is 16. The SMILES string of the molecule is c1ccc(-c2ccc(C3(c4ccc(-c5ccccc5)cc4)c4ccccc4-c4ccc(N(c5cccc6c5-c5ccccc5C65c6ccccc6-c6ccccc65)c5cccc6c5sc5ccccc56)cc43)cc2)cc1. The topological polar surface area (TPSA) is 3.24 Å². The molecule has 0 radical (unpaired) electrons. The molecular formula is C74H47NS. The van der Waals surface area contributed by atoms with Crippen LogP contribution in [-0.4, -0.2) is 0 Å². The lowest BCUT2D eigenvalue weighted by Crippen LogP contribution is -2.29. The molecule has 1 aromatic heterocycles. The molecule has 354 valence electrons. The first kappa shape index (κ1) is 43.1. The molecule has 1 spiro atoms. The van der Waals surface area contributed by atoms with E-state index < -0.39 is 10.8 Å². The maximum atomic E-state index is 2.62. The summed E-state index contributed by atoms with van der Waals surface area (Å²) < 4.78 is 2.55. The molecule has 0 saturated heterocycles. The minimum atomic E-state index is -0.659. The van der Waals surface area contributed by atoms with Gasteiger partial charge < -0.3 is 4.90 Å². The van der Waals surface area contributed by atoms with Gasteiger partial charge in [0.2, 0.25) is 0 Å². The van der Waals surface area contributed by atoms with Crippen molar-refractivity contribution in [1.82, 2.24) is 0 Å². The Balaban J connectivity index is 0.991. The molecule has 13 aromatic rings. The number of thiophene rings is 1. The zero-order chi connectivity index (χ0) is 50.0. The Morgan fingerprint density at radius 3 is 1.32 bits per heavy atom. The molecule has 0 bridgehead atoms. The van der Waals surface area contributed by atoms with Gasteiger partial charge in [0.25, 0.3) is 0 Å². The van der Waals surface area contributed by atoms with Crippen molar-refractivity contribution in [2.75, 3.05) is 4.90 Å². The van der Waals surface area contributed by atoms with Crippen molar-refractivity contribution < 1.29 is 0 Å². The van der Waals surface area contributed by atoms with Crippen LogP contribution >= 0.6 is 11.3 Å². The largest absolute Gasteiger partial charge is 0.308 e. The Morgan fingerprint density at radius 2 is 0.711 bits per heavy atom. The minimum Gasteiger partial charge on any atom is -0.308 e. The van der Waals surface area contributed by atoms with Crippen molar-refractivity contribution in [3.05, 3.63) is 330 Å². The second-order valence-electron chi connectivity index (χ2n) is 20.6. The summed E-state index contributed by atoms with van der Waals surface area (Å²) in [7, 11) is 0. The molecule has 0 N–H and O–H groups in total. The molecule has 1 nitrogen and oxygen atoms in total. The molecule has 0 atom stereocenters. The lowest BCUT2D eigenvalue weighted by atomic mass is 9.67. The zero-order valence-corrected chi connectivity index (χ0v) is 42.3. The summed E-state index contributed by atoms with van der Waals surface area (Å²) in [6, 6.07) is 107. The van der Waals surface area contributed by atoms with E-state index in [9.17, 15) is 0 Å². The molecule has 3 aliphatic rings. The summed E-state index contributed by atoms with van der Waals surface area (Å²) in [4.78, 5) is 2.62. The Hall–Kier alpha value is -9.34. The Kier molecular flexibility index (Phi) is 9.40. The Bertz CT molecular complexity index is 4320. The highest BCUT2D eigenvalue weighted by atomic mass is 32.1. The van der Waals surface area contributed by atoms with Crippen LogP contribution in [0, 0.1) is 0 Å². The van der Waals surface area contributed by atoms with Gasteiger partial charge in [-0.05, 0) is 125 Å². The van der Waals surface area contributed by atoms with Crippen molar-refractivity contribution >= 4 is 48.6 Å². The molecule has 0 aliphatic heterocycles. The van der Waals surface area contributed by atoms with Gasteiger partial charge in [-0.2, -0.15) is 0 Å². The van der Waals surface area contributed by atoms with Crippen LogP contribution in [0.5, 0.6) is 0 Å². The molecule has 0 amide bonds. The van der Waals surface area contributed by atoms with E-state index in [2.05, 4.69) is 290 Å². The molecule has 0 saturated carbocycles. The van der Waals surface area contributed by atoms with E-state index in [4.69, 9.17) is 0 Å². The normalized spacial score (nSPS) is 13.7. The van der Waals surface area contributed by atoms with Crippen LogP contribution in [0.4, 0.5) is 17.1 Å². The van der Waals surface area contributed by atoms with E-state index in [-0.39, 0.29) is 0 Å². The second-order valence-corrected chi connectivity index (χ2v) is 21.6. The van der Waals surface area contributed by atoms with Gasteiger partial charge in [-0.1, -0.05) is 255 Å². The fourth-order valence-corrected chi connectivity index (χ4v) is 15.1. The van der Waals surface area contributed by atoms with Gasteiger partial charge in [-0.25, -0.2) is 0 Å². The molecule has 16 rings (SSSR count). The number of hydrogen-bond donors (Lipinski definition) is 0. The summed E-state index contributed by atoms with van der Waals surface area (Å²) in [5.41, 5.74) is 25.1. The predicted octanol–water partition coefficient (Wildman–Crippen LogP) is 19.6. The summed E-state index contributed by atoms with van der Waals surface area (Å²) >= 11 is 1.89. The first-order valence-corrected chi connectivity index (χ1v) is 27.2. The van der Waals surface area contributed by atoms with E-state index in [0.717, 1.165) is 11.4 Å². The third kappa shape index (κ3) is 5.90. The third-order valence-corrected chi connectivity index (χ3v) is 18.2. The summed E-state index contributed by atoms with van der Waals surface area (Å²) in [6.07, 6.45) is 0. The highest BCUT2D eigenvalue weighted by molar-refractivity contribution is 7.26. The zero-order valence-electron chi connectivity index (χ0n) is 41.5. The van der Waals surface area contributed by atoms with Crippen LogP contribution in [0.2, 0.25) is 0 Å². The van der Waals surface area contributed by atoms with Crippen LogP contribution in [0.15, 0.2) is 285 Å². The second kappa shape index (κ2) is 16.6. The molecule has 1 heterocycles. The maximum Gasteiger partial charge on any atom is 0.0726 e. The van der Waals surface area contributed by atoms with E-state index in [1.807, 2.05) is 11.3 Å². The van der Waals surface area contributed by atoms with Gasteiger partial charge in [-0.3, -0.25) is 0 Å². The fraction of sp³-hybridized carbons (Fsp3) is 0.0270. The number of anilines is 3. The fourth-order valence-electron chi connectivity index (χ4n) is 13.9. The summed E-state index contributed by atoms with van der Waals surface area (Å²) in [5, 5.41) is 2.55. The Morgan fingerprint density at radius 1 is 0.276 bits per heavy atom. The van der Waals surface area contributed by atoms with Crippen molar-refractivity contribution in [1.29, 1.82) is 0 Å². The van der Waals surface area contributed by atoms with Gasteiger partial charge in [-0.15, -0.1) is 11.3 Å². The van der Waals surface area contributed by atoms with Gasteiger partial charge >= 0.3 is 0 Å². The van der Waals surface area contributed by atoms with Crippen molar-refractivity contribution in [3.63, 3.8) is 0 Å². The van der Waals surface area contributed by atoms with Crippen molar-refractivity contribution in [3.8, 4) is 55.6 Å². The third-order valence-electron chi connectivity index (χ3n) is 17.0. The van der Waals surface area contributed by atoms with Crippen LogP contribution < -0.4 is 4.90 Å². The van der Waals surface area contributed by atoms with Crippen LogP contribution in [-0.2, 0) is 10.8 Å². The van der Waals surface area contributed by atoms with Crippen molar-refractivity contribution in [2.45, 2.75) is 10.8 Å². The van der Waals surface area contributed by atoms with E-state index in [0.29, 0.717) is 0 Å². The Labute approximate surface area is 446 Å². The van der Waals surface area contributed by atoms with Crippen LogP contribution in [0.3, 0.4) is 0 Å². The number of rotatable bonds is 7. The standard InChI is InChI=1S/C74H47NS/c1-3-19-48(20-4-1)50-37-41-52(42-38-50)73(53-43-39-51(40-44-53)49-21-5-2-6-22-49)62-29-12-7-25-57(62)58-46-45-54(47-67(58)73)75(69-35-17-28-60-59-26-11-16-36-70(59)76-72(60)69)68-34-18-33-66-71(68)61-27-10-15-32-65(61)74(66)63-30-13-8-23-55(63)56-24-9-14-31-64(56)74/h1-47H. The van der Waals surface area contributed by atoms with Gasteiger partial charge in [0.1, 0.15) is 0 Å². The predicted molar refractivity (Wildman–Crippen MR) is 318 cm³/mol. The van der Waals surface area contributed by atoms with E-state index >= 15 is 0 Å². The molecule has 76 heavy (non-hydrogen) atoms. The monoisotopic (exact) mass is 981 g/mol. The maximum absolute atomic E-state index is 2.62. The van der Waals surface area contributed by atoms with Crippen LogP contribution in [0.1, 0.15) is 44.5 Å². The number of benzene rings is 12. The average Bonchev–Trinajstić information content (AvgIpc) is 4.40. The highest BCUT2D eigenvalue weighted by Crippen LogP contribution is 2.65. The highest BCUT2D eigenvalue weighted by Gasteiger charge is 2.53. The molecule has 0 unspecified atom stereocenters. The quantitative estimate of drug-likeness (QED) is 0.154. The number of nitrogens with zero attached hydrogens (tertiary/aromatic N) is 1. The van der Waals surface area contributed by atoms with Gasteiger partial charge in [0.15, 0.2) is 0 Å². The van der Waals surface area contributed by atoms with E-state index in [1.165, 1.54) is 126 Å². The molecule has 0 fully saturated rings. The molecular weight excluding hydrogens is 935 g/mol. The van der Waals surface area contributed by atoms with Crippen LogP contribution in [0.25, 0.3) is 75.8 Å².